The number of ether oxygens (including phenoxy) is 6. The fourth-order valence-electron chi connectivity index (χ4n) is 4.10. The molecular weight excluding hydrogens is 515 g/mol. The first-order chi connectivity index (χ1) is 18.1. The summed E-state index contributed by atoms with van der Waals surface area (Å²) in [6.45, 7) is 12.1. The minimum atomic E-state index is -1.33. The van der Waals surface area contributed by atoms with Crippen molar-refractivity contribution in [3.8, 4) is 5.75 Å². The predicted octanol–water partition coefficient (Wildman–Crippen LogP) is 1.45. The van der Waals surface area contributed by atoms with E-state index in [0.29, 0.717) is 5.75 Å². The summed E-state index contributed by atoms with van der Waals surface area (Å²) in [7, 11) is -0.588. The molecule has 2 heterocycles. The van der Waals surface area contributed by atoms with Crippen LogP contribution in [0.25, 0.3) is 0 Å². The van der Waals surface area contributed by atoms with Crippen molar-refractivity contribution in [3.05, 3.63) is 24.3 Å². The van der Waals surface area contributed by atoms with Gasteiger partial charge in [0.25, 0.3) is 0 Å². The van der Waals surface area contributed by atoms with Crippen molar-refractivity contribution in [1.29, 1.82) is 0 Å². The van der Waals surface area contributed by atoms with E-state index in [1.807, 2.05) is 27.7 Å². The molecule has 0 aliphatic carbocycles. The summed E-state index contributed by atoms with van der Waals surface area (Å²) in [6.07, 6.45) is -6.34. The summed E-state index contributed by atoms with van der Waals surface area (Å²) < 4.78 is 45.4. The smallest absolute Gasteiger partial charge is 0.463 e. The molecule has 1 aromatic carbocycles. The van der Waals surface area contributed by atoms with Gasteiger partial charge < -0.3 is 37.7 Å². The molecule has 3 rings (SSSR count). The minimum Gasteiger partial charge on any atom is -0.463 e. The number of carbonyl (C=O) groups excluding carboxylic acids is 4. The first-order valence-electron chi connectivity index (χ1n) is 12.5. The maximum absolute atomic E-state index is 12.0. The van der Waals surface area contributed by atoms with Gasteiger partial charge in [0.15, 0.2) is 12.2 Å². The van der Waals surface area contributed by atoms with E-state index in [4.69, 9.17) is 37.7 Å². The highest BCUT2D eigenvalue weighted by Gasteiger charge is 2.54. The van der Waals surface area contributed by atoms with Gasteiger partial charge in [-0.1, -0.05) is 12.1 Å². The van der Waals surface area contributed by atoms with E-state index in [9.17, 15) is 19.2 Å². The van der Waals surface area contributed by atoms with Crippen LogP contribution in [0, 0.1) is 0 Å². The van der Waals surface area contributed by atoms with Gasteiger partial charge in [-0.15, -0.1) is 0 Å². The summed E-state index contributed by atoms with van der Waals surface area (Å²) >= 11 is 0. The molecule has 2 fully saturated rings. The van der Waals surface area contributed by atoms with Gasteiger partial charge in [-0.25, -0.2) is 0 Å². The highest BCUT2D eigenvalue weighted by molar-refractivity contribution is 6.62. The zero-order valence-corrected chi connectivity index (χ0v) is 23.4. The third kappa shape index (κ3) is 7.49. The maximum atomic E-state index is 12.0. The highest BCUT2D eigenvalue weighted by atomic mass is 16.7. The van der Waals surface area contributed by atoms with Gasteiger partial charge in [0, 0.05) is 27.7 Å². The van der Waals surface area contributed by atoms with Crippen molar-refractivity contribution in [2.75, 3.05) is 6.61 Å². The fraction of sp³-hybridized carbons (Fsp3) is 0.615. The Balaban J connectivity index is 1.89. The van der Waals surface area contributed by atoms with E-state index < -0.39 is 72.9 Å². The van der Waals surface area contributed by atoms with Gasteiger partial charge in [0.05, 0.1) is 11.2 Å². The second-order valence-electron chi connectivity index (χ2n) is 10.3. The zero-order valence-electron chi connectivity index (χ0n) is 23.4. The molecule has 0 bridgehead atoms. The quantitative estimate of drug-likeness (QED) is 0.263. The minimum absolute atomic E-state index is 0.316. The van der Waals surface area contributed by atoms with Gasteiger partial charge >= 0.3 is 31.0 Å². The van der Waals surface area contributed by atoms with Gasteiger partial charge in [-0.2, -0.15) is 0 Å². The molecule has 2 unspecified atom stereocenters. The van der Waals surface area contributed by atoms with Crippen LogP contribution in [0.3, 0.4) is 0 Å². The number of hydrogen-bond donors (Lipinski definition) is 0. The van der Waals surface area contributed by atoms with Crippen LogP contribution >= 0.6 is 0 Å². The molecule has 13 heteroatoms. The lowest BCUT2D eigenvalue weighted by molar-refractivity contribution is -0.288. The van der Waals surface area contributed by atoms with E-state index in [1.165, 1.54) is 6.92 Å². The number of esters is 4. The lowest BCUT2D eigenvalue weighted by atomic mass is 9.79. The fourth-order valence-corrected chi connectivity index (χ4v) is 4.10. The SMILES string of the molecule is CC(=O)OCC1O[C@H](Oc2ccc(B3OC(C)(C)C(C)(C)O3)cc2)[C@H](OC(C)=O)C(OC(C)=O)[C@@H]1OC(C)=O. The van der Waals surface area contributed by atoms with Crippen molar-refractivity contribution >= 4 is 36.5 Å². The monoisotopic (exact) mass is 550 g/mol. The molecule has 2 aliphatic rings. The largest absolute Gasteiger partial charge is 0.494 e. The molecule has 0 saturated carbocycles. The summed E-state index contributed by atoms with van der Waals surface area (Å²) in [4.78, 5) is 47.3. The van der Waals surface area contributed by atoms with Gasteiger partial charge in [-0.05, 0) is 45.3 Å². The second-order valence-corrected chi connectivity index (χ2v) is 10.3. The van der Waals surface area contributed by atoms with Crippen molar-refractivity contribution in [3.63, 3.8) is 0 Å². The molecule has 12 nitrogen and oxygen atoms in total. The number of carbonyl (C=O) groups is 4. The Hall–Kier alpha value is -3.16. The average Bonchev–Trinajstić information content (AvgIpc) is 3.02. The summed E-state index contributed by atoms with van der Waals surface area (Å²) in [5.74, 6) is -2.45. The molecule has 1 aromatic rings. The van der Waals surface area contributed by atoms with E-state index in [2.05, 4.69) is 0 Å². The van der Waals surface area contributed by atoms with Gasteiger partial charge in [0.2, 0.25) is 12.4 Å². The lowest BCUT2D eigenvalue weighted by Crippen LogP contribution is -2.63. The highest BCUT2D eigenvalue weighted by Crippen LogP contribution is 2.37. The number of rotatable bonds is 8. The van der Waals surface area contributed by atoms with Crippen LogP contribution in [0.2, 0.25) is 0 Å². The summed E-state index contributed by atoms with van der Waals surface area (Å²) in [6, 6.07) is 6.80. The van der Waals surface area contributed by atoms with Crippen molar-refractivity contribution in [1.82, 2.24) is 0 Å². The van der Waals surface area contributed by atoms with Crippen LogP contribution in [-0.2, 0) is 52.2 Å². The van der Waals surface area contributed by atoms with Crippen molar-refractivity contribution < 1.29 is 56.9 Å². The third-order valence-electron chi connectivity index (χ3n) is 6.61. The van der Waals surface area contributed by atoms with Crippen LogP contribution in [0.4, 0.5) is 0 Å². The van der Waals surface area contributed by atoms with Crippen LogP contribution in [0.15, 0.2) is 24.3 Å². The van der Waals surface area contributed by atoms with E-state index in [0.717, 1.165) is 26.2 Å². The lowest BCUT2D eigenvalue weighted by Gasteiger charge is -2.43. The van der Waals surface area contributed by atoms with Crippen LogP contribution in [-0.4, -0.2) is 79.5 Å². The standard InChI is InChI=1S/C26H35BO12/c1-14(28)32-13-20-21(33-15(2)29)22(34-16(3)30)23(35-17(4)31)24(37-20)36-19-11-9-18(10-12-19)27-38-25(5,6)26(7,8)39-27/h9-12,20-24H,13H2,1-8H3/t20?,21-,22?,23-,24+/m1/s1. The first kappa shape index (κ1) is 30.4. The summed E-state index contributed by atoms with van der Waals surface area (Å²) in [5, 5.41) is 0. The molecule has 2 saturated heterocycles. The molecule has 0 spiro atoms. The van der Waals surface area contributed by atoms with Crippen molar-refractivity contribution in [2.45, 2.75) is 97.3 Å². The maximum Gasteiger partial charge on any atom is 0.494 e. The average molecular weight is 550 g/mol. The Morgan fingerprint density at radius 3 is 1.72 bits per heavy atom. The predicted molar refractivity (Wildman–Crippen MR) is 135 cm³/mol. The van der Waals surface area contributed by atoms with Crippen LogP contribution in [0.5, 0.6) is 5.75 Å². The molecule has 0 radical (unpaired) electrons. The first-order valence-corrected chi connectivity index (χ1v) is 12.5. The molecular formula is C26H35BO12. The Kier molecular flexibility index (Phi) is 9.29. The van der Waals surface area contributed by atoms with Crippen molar-refractivity contribution in [2.24, 2.45) is 0 Å². The second kappa shape index (κ2) is 11.9. The normalized spacial score (nSPS) is 27.3. The van der Waals surface area contributed by atoms with Crippen LogP contribution < -0.4 is 10.2 Å². The van der Waals surface area contributed by atoms with Crippen LogP contribution in [0.1, 0.15) is 55.4 Å². The third-order valence-corrected chi connectivity index (χ3v) is 6.61. The molecule has 39 heavy (non-hydrogen) atoms. The molecule has 0 amide bonds. The molecule has 5 atom stereocenters. The molecule has 0 N–H and O–H groups in total. The Morgan fingerprint density at radius 2 is 1.23 bits per heavy atom. The Labute approximate surface area is 227 Å². The molecule has 2 aliphatic heterocycles. The number of benzene rings is 1. The van der Waals surface area contributed by atoms with E-state index in [1.54, 1.807) is 24.3 Å². The summed E-state index contributed by atoms with van der Waals surface area (Å²) in [5.41, 5.74) is -0.273. The Morgan fingerprint density at radius 1 is 0.744 bits per heavy atom. The Bertz CT molecular complexity index is 1050. The molecule has 214 valence electrons. The number of hydrogen-bond acceptors (Lipinski definition) is 12. The molecule has 0 aromatic heterocycles. The van der Waals surface area contributed by atoms with E-state index in [-0.39, 0.29) is 6.61 Å². The topological polar surface area (TPSA) is 142 Å². The van der Waals surface area contributed by atoms with Gasteiger partial charge in [0.1, 0.15) is 18.5 Å². The van der Waals surface area contributed by atoms with Gasteiger partial charge in [-0.3, -0.25) is 19.2 Å². The van der Waals surface area contributed by atoms with E-state index >= 15 is 0 Å². The zero-order chi connectivity index (χ0) is 29.1.